The number of tetrazole rings is 1. The summed E-state index contributed by atoms with van der Waals surface area (Å²) in [6.45, 7) is 2.63. The summed E-state index contributed by atoms with van der Waals surface area (Å²) in [6.07, 6.45) is 0. The van der Waals surface area contributed by atoms with Crippen LogP contribution in [0.3, 0.4) is 0 Å². The Morgan fingerprint density at radius 1 is 1.23 bits per heavy atom. The lowest BCUT2D eigenvalue weighted by molar-refractivity contribution is -0.132. The minimum Gasteiger partial charge on any atom is -0.337 e. The van der Waals surface area contributed by atoms with Crippen LogP contribution >= 0.6 is 11.6 Å². The fourth-order valence-electron chi connectivity index (χ4n) is 2.51. The number of halogens is 2. The van der Waals surface area contributed by atoms with Gasteiger partial charge >= 0.3 is 0 Å². The Morgan fingerprint density at radius 2 is 2.04 bits per heavy atom. The first kappa shape index (κ1) is 18.0. The highest BCUT2D eigenvalue weighted by atomic mass is 35.5. The summed E-state index contributed by atoms with van der Waals surface area (Å²) in [5.74, 6) is -0.101. The van der Waals surface area contributed by atoms with E-state index in [4.69, 9.17) is 11.6 Å². The van der Waals surface area contributed by atoms with Crippen molar-refractivity contribution in [3.63, 3.8) is 0 Å². The van der Waals surface area contributed by atoms with E-state index in [1.165, 1.54) is 16.9 Å². The maximum Gasteiger partial charge on any atom is 0.246 e. The number of aromatic nitrogens is 4. The van der Waals surface area contributed by atoms with Gasteiger partial charge in [0.25, 0.3) is 0 Å². The number of carbonyl (C=O) groups is 1. The van der Waals surface area contributed by atoms with Crippen LogP contribution in [0, 0.1) is 5.82 Å². The number of nitrogens with zero attached hydrogens (tertiary/aromatic N) is 5. The van der Waals surface area contributed by atoms with Crippen LogP contribution in [0.2, 0.25) is 5.02 Å². The average molecular weight is 374 g/mol. The highest BCUT2D eigenvalue weighted by Crippen LogP contribution is 2.18. The van der Waals surface area contributed by atoms with Gasteiger partial charge in [0.1, 0.15) is 12.4 Å². The van der Waals surface area contributed by atoms with Crippen LogP contribution in [-0.4, -0.2) is 37.6 Å². The molecule has 6 nitrogen and oxygen atoms in total. The normalized spacial score (nSPS) is 10.7. The van der Waals surface area contributed by atoms with E-state index in [9.17, 15) is 9.18 Å². The standard InChI is InChI=1S/C18H17ClFN5O/c1-2-24(11-13-5-3-8-16(20)9-13)17(26)12-25-22-18(21-23-25)14-6-4-7-15(19)10-14/h3-10H,2,11-12H2,1H3. The molecule has 3 aromatic rings. The van der Waals surface area contributed by atoms with Crippen molar-refractivity contribution >= 4 is 17.5 Å². The molecule has 1 aromatic heterocycles. The maximum atomic E-state index is 13.3. The molecule has 0 saturated heterocycles. The van der Waals surface area contributed by atoms with E-state index in [1.54, 1.807) is 35.2 Å². The van der Waals surface area contributed by atoms with E-state index in [0.717, 1.165) is 11.1 Å². The first-order chi connectivity index (χ1) is 12.5. The van der Waals surface area contributed by atoms with Crippen molar-refractivity contribution in [2.45, 2.75) is 20.0 Å². The third-order valence-corrected chi connectivity index (χ3v) is 4.04. The van der Waals surface area contributed by atoms with Crippen LogP contribution in [0.5, 0.6) is 0 Å². The monoisotopic (exact) mass is 373 g/mol. The van der Waals surface area contributed by atoms with Crippen LogP contribution in [-0.2, 0) is 17.9 Å². The van der Waals surface area contributed by atoms with Gasteiger partial charge in [-0.15, -0.1) is 10.2 Å². The molecule has 0 unspecified atom stereocenters. The zero-order valence-electron chi connectivity index (χ0n) is 14.1. The lowest BCUT2D eigenvalue weighted by Gasteiger charge is -2.20. The summed E-state index contributed by atoms with van der Waals surface area (Å²) in [4.78, 5) is 15.4. The molecular weight excluding hydrogens is 357 g/mol. The predicted molar refractivity (Wildman–Crippen MR) is 95.8 cm³/mol. The van der Waals surface area contributed by atoms with Crippen molar-refractivity contribution < 1.29 is 9.18 Å². The third-order valence-electron chi connectivity index (χ3n) is 3.81. The second kappa shape index (κ2) is 8.05. The van der Waals surface area contributed by atoms with Crippen molar-refractivity contribution in [2.24, 2.45) is 0 Å². The van der Waals surface area contributed by atoms with E-state index < -0.39 is 0 Å². The minimum atomic E-state index is -0.324. The Kier molecular flexibility index (Phi) is 5.58. The Morgan fingerprint density at radius 3 is 2.77 bits per heavy atom. The van der Waals surface area contributed by atoms with Crippen molar-refractivity contribution in [2.75, 3.05) is 6.54 Å². The molecule has 8 heteroatoms. The quantitative estimate of drug-likeness (QED) is 0.665. The molecule has 1 amide bonds. The summed E-state index contributed by atoms with van der Waals surface area (Å²) in [7, 11) is 0. The second-order valence-electron chi connectivity index (χ2n) is 5.69. The summed E-state index contributed by atoms with van der Waals surface area (Å²) in [5, 5.41) is 12.7. The third kappa shape index (κ3) is 4.43. The van der Waals surface area contributed by atoms with E-state index in [1.807, 2.05) is 13.0 Å². The summed E-state index contributed by atoms with van der Waals surface area (Å²) >= 11 is 5.96. The van der Waals surface area contributed by atoms with Crippen LogP contribution < -0.4 is 0 Å². The van der Waals surface area contributed by atoms with Crippen LogP contribution in [0.15, 0.2) is 48.5 Å². The molecule has 0 saturated carbocycles. The molecule has 2 aromatic carbocycles. The Balaban J connectivity index is 1.68. The van der Waals surface area contributed by atoms with Gasteiger partial charge < -0.3 is 4.90 Å². The molecule has 26 heavy (non-hydrogen) atoms. The minimum absolute atomic E-state index is 0.0449. The van der Waals surface area contributed by atoms with Gasteiger partial charge in [0, 0.05) is 23.7 Å². The number of likely N-dealkylation sites (N-methyl/N-ethyl adjacent to an activating group) is 1. The van der Waals surface area contributed by atoms with E-state index in [2.05, 4.69) is 15.4 Å². The highest BCUT2D eigenvalue weighted by Gasteiger charge is 2.15. The molecule has 0 N–H and O–H groups in total. The molecule has 3 rings (SSSR count). The van der Waals surface area contributed by atoms with Crippen molar-refractivity contribution in [1.29, 1.82) is 0 Å². The average Bonchev–Trinajstić information content (AvgIpc) is 3.08. The molecule has 134 valence electrons. The number of hydrogen-bond acceptors (Lipinski definition) is 4. The fourth-order valence-corrected chi connectivity index (χ4v) is 2.70. The molecule has 0 fully saturated rings. The first-order valence-electron chi connectivity index (χ1n) is 8.11. The van der Waals surface area contributed by atoms with E-state index >= 15 is 0 Å². The maximum absolute atomic E-state index is 13.3. The lowest BCUT2D eigenvalue weighted by Crippen LogP contribution is -2.33. The number of rotatable bonds is 6. The number of hydrogen-bond donors (Lipinski definition) is 0. The number of carbonyl (C=O) groups excluding carboxylic acids is 1. The second-order valence-corrected chi connectivity index (χ2v) is 6.13. The Hall–Kier alpha value is -2.80. The van der Waals surface area contributed by atoms with Crippen molar-refractivity contribution in [3.8, 4) is 11.4 Å². The van der Waals surface area contributed by atoms with Crippen molar-refractivity contribution in [1.82, 2.24) is 25.1 Å². The molecule has 1 heterocycles. The molecule has 0 aliphatic carbocycles. The molecule has 0 spiro atoms. The van der Waals surface area contributed by atoms with E-state index in [0.29, 0.717) is 23.9 Å². The smallest absolute Gasteiger partial charge is 0.246 e. The summed E-state index contributed by atoms with van der Waals surface area (Å²) in [6, 6.07) is 13.3. The lowest BCUT2D eigenvalue weighted by atomic mass is 10.2. The van der Waals surface area contributed by atoms with Crippen LogP contribution in [0.25, 0.3) is 11.4 Å². The molecular formula is C18H17ClFN5O. The zero-order chi connectivity index (χ0) is 18.5. The van der Waals surface area contributed by atoms with Gasteiger partial charge in [-0.3, -0.25) is 4.79 Å². The summed E-state index contributed by atoms with van der Waals surface area (Å²) in [5.41, 5.74) is 1.45. The van der Waals surface area contributed by atoms with Gasteiger partial charge in [-0.25, -0.2) is 4.39 Å². The molecule has 0 aliphatic rings. The molecule has 0 aliphatic heterocycles. The fraction of sp³-hybridized carbons (Fsp3) is 0.222. The Labute approximate surface area is 155 Å². The predicted octanol–water partition coefficient (Wildman–Crippen LogP) is 3.18. The Bertz CT molecular complexity index is 914. The largest absolute Gasteiger partial charge is 0.337 e. The molecule has 0 bridgehead atoms. The zero-order valence-corrected chi connectivity index (χ0v) is 14.9. The van der Waals surface area contributed by atoms with E-state index in [-0.39, 0.29) is 18.3 Å². The molecule has 0 radical (unpaired) electrons. The van der Waals surface area contributed by atoms with Gasteiger partial charge in [0.2, 0.25) is 11.7 Å². The first-order valence-corrected chi connectivity index (χ1v) is 8.49. The van der Waals surface area contributed by atoms with Gasteiger partial charge in [-0.05, 0) is 42.0 Å². The highest BCUT2D eigenvalue weighted by molar-refractivity contribution is 6.30. The summed E-state index contributed by atoms with van der Waals surface area (Å²) < 4.78 is 13.3. The number of benzene rings is 2. The SMILES string of the molecule is CCN(Cc1cccc(F)c1)C(=O)Cn1nnc(-c2cccc(Cl)c2)n1. The van der Waals surface area contributed by atoms with Gasteiger partial charge in [-0.1, -0.05) is 35.9 Å². The van der Waals surface area contributed by atoms with Gasteiger partial charge in [0.15, 0.2) is 0 Å². The van der Waals surface area contributed by atoms with Crippen molar-refractivity contribution in [3.05, 3.63) is 64.9 Å². The van der Waals surface area contributed by atoms with Crippen LogP contribution in [0.4, 0.5) is 4.39 Å². The number of amides is 1. The van der Waals surface area contributed by atoms with Gasteiger partial charge in [-0.2, -0.15) is 4.80 Å². The van der Waals surface area contributed by atoms with Gasteiger partial charge in [0.05, 0.1) is 0 Å². The topological polar surface area (TPSA) is 63.9 Å². The van der Waals surface area contributed by atoms with Crippen LogP contribution in [0.1, 0.15) is 12.5 Å². The molecule has 0 atom stereocenters.